The highest BCUT2D eigenvalue weighted by Gasteiger charge is 2.39. The zero-order chi connectivity index (χ0) is 14.2. The molecule has 0 aromatic heterocycles. The molecule has 1 aliphatic heterocycles. The molecular weight excluding hydrogens is 429 g/mol. The lowest BCUT2D eigenvalue weighted by molar-refractivity contribution is -0.141. The van der Waals surface area contributed by atoms with E-state index in [1.165, 1.54) is 4.90 Å². The number of rotatable bonds is 2. The molecule has 2 atom stereocenters. The summed E-state index contributed by atoms with van der Waals surface area (Å²) in [5.74, 6) is -1.47. The molecule has 1 saturated heterocycles. The molecule has 19 heavy (non-hydrogen) atoms. The minimum atomic E-state index is -1.09. The number of aliphatic carboxylic acids is 1. The van der Waals surface area contributed by atoms with Crippen molar-refractivity contribution in [1.29, 1.82) is 0 Å². The molecule has 1 aromatic rings. The van der Waals surface area contributed by atoms with Gasteiger partial charge < -0.3 is 15.1 Å². The van der Waals surface area contributed by atoms with E-state index in [4.69, 9.17) is 5.11 Å². The summed E-state index contributed by atoms with van der Waals surface area (Å²) < 4.78 is 1.50. The quantitative estimate of drug-likeness (QED) is 0.688. The maximum Gasteiger partial charge on any atom is 0.326 e. The van der Waals surface area contributed by atoms with E-state index in [9.17, 15) is 14.7 Å². The van der Waals surface area contributed by atoms with Crippen molar-refractivity contribution in [2.45, 2.75) is 18.6 Å². The number of β-amino-alcohol motifs (C(OH)–C–C–N with tert-alkyl or cyclic N) is 1. The average Bonchev–Trinajstić information content (AvgIpc) is 2.74. The fourth-order valence-electron chi connectivity index (χ4n) is 2.09. The van der Waals surface area contributed by atoms with E-state index in [1.54, 1.807) is 12.1 Å². The van der Waals surface area contributed by atoms with Gasteiger partial charge in [-0.05, 0) is 56.7 Å². The first-order chi connectivity index (χ1) is 8.90. The van der Waals surface area contributed by atoms with Crippen LogP contribution in [0.5, 0.6) is 0 Å². The maximum atomic E-state index is 12.4. The van der Waals surface area contributed by atoms with Crippen molar-refractivity contribution >= 4 is 50.4 Å². The molecule has 0 saturated carbocycles. The monoisotopic (exact) mass is 439 g/mol. The lowest BCUT2D eigenvalue weighted by Gasteiger charge is -2.21. The minimum Gasteiger partial charge on any atom is -0.480 e. The second-order valence-corrected chi connectivity index (χ2v) is 6.43. The summed E-state index contributed by atoms with van der Waals surface area (Å²) in [6.07, 6.45) is -0.714. The van der Waals surface area contributed by atoms with E-state index in [0.717, 1.165) is 3.57 Å². The number of hydrogen-bond donors (Lipinski definition) is 2. The number of carboxylic acid groups (broad SMARTS) is 1. The Hall–Kier alpha value is -0.670. The highest BCUT2D eigenvalue weighted by atomic mass is 127. The molecule has 102 valence electrons. The number of nitrogens with zero attached hydrogens (tertiary/aromatic N) is 1. The van der Waals surface area contributed by atoms with Crippen LogP contribution in [0, 0.1) is 3.57 Å². The lowest BCUT2D eigenvalue weighted by atomic mass is 10.1. The second-order valence-electron chi connectivity index (χ2n) is 4.33. The fraction of sp³-hybridized carbons (Fsp3) is 0.333. The van der Waals surface area contributed by atoms with Crippen molar-refractivity contribution in [3.8, 4) is 0 Å². The summed E-state index contributed by atoms with van der Waals surface area (Å²) in [6, 6.07) is 4.32. The van der Waals surface area contributed by atoms with Gasteiger partial charge in [0.1, 0.15) is 6.04 Å². The second kappa shape index (κ2) is 5.76. The molecule has 2 rings (SSSR count). The molecule has 0 spiro atoms. The van der Waals surface area contributed by atoms with Crippen molar-refractivity contribution in [2.24, 2.45) is 0 Å². The highest BCUT2D eigenvalue weighted by molar-refractivity contribution is 14.1. The van der Waals surface area contributed by atoms with Gasteiger partial charge in [-0.15, -0.1) is 0 Å². The van der Waals surface area contributed by atoms with Crippen molar-refractivity contribution in [3.05, 3.63) is 31.8 Å². The third-order valence-corrected chi connectivity index (χ3v) is 4.35. The standard InChI is InChI=1S/C12H11BrINO4/c13-9-2-1-6(14)3-8(9)11(17)15-5-7(16)4-10(15)12(18)19/h1-3,7,10,16H,4-5H2,(H,18,19)/t7?,10-/m0/s1. The average molecular weight is 440 g/mol. The SMILES string of the molecule is O=C(O)[C@@H]1CC(O)CN1C(=O)c1cc(I)ccc1Br. The third kappa shape index (κ3) is 3.09. The Morgan fingerprint density at radius 2 is 2.11 bits per heavy atom. The highest BCUT2D eigenvalue weighted by Crippen LogP contribution is 2.26. The third-order valence-electron chi connectivity index (χ3n) is 2.98. The van der Waals surface area contributed by atoms with Crippen molar-refractivity contribution < 1.29 is 19.8 Å². The molecule has 0 bridgehead atoms. The molecule has 1 amide bonds. The number of carboxylic acids is 1. The van der Waals surface area contributed by atoms with E-state index < -0.39 is 18.1 Å². The maximum absolute atomic E-state index is 12.4. The van der Waals surface area contributed by atoms with E-state index in [0.29, 0.717) is 10.0 Å². The number of carbonyl (C=O) groups is 2. The van der Waals surface area contributed by atoms with Crippen molar-refractivity contribution in [2.75, 3.05) is 6.54 Å². The van der Waals surface area contributed by atoms with Crippen LogP contribution < -0.4 is 0 Å². The van der Waals surface area contributed by atoms with Gasteiger partial charge in [-0.1, -0.05) is 0 Å². The smallest absolute Gasteiger partial charge is 0.326 e. The van der Waals surface area contributed by atoms with Gasteiger partial charge in [-0.25, -0.2) is 4.79 Å². The fourth-order valence-corrected chi connectivity index (χ4v) is 3.00. The van der Waals surface area contributed by atoms with Crippen LogP contribution in [0.25, 0.3) is 0 Å². The first-order valence-electron chi connectivity index (χ1n) is 5.57. The number of benzene rings is 1. The molecule has 1 fully saturated rings. The Labute approximate surface area is 131 Å². The Balaban J connectivity index is 2.33. The van der Waals surface area contributed by atoms with Crippen molar-refractivity contribution in [1.82, 2.24) is 4.90 Å². The number of aliphatic hydroxyl groups excluding tert-OH is 1. The number of halogens is 2. The number of aliphatic hydroxyl groups is 1. The molecular formula is C12H11BrINO4. The normalized spacial score (nSPS) is 22.6. The Bertz CT molecular complexity index is 536. The van der Waals surface area contributed by atoms with Crippen LogP contribution in [-0.4, -0.2) is 45.7 Å². The first-order valence-corrected chi connectivity index (χ1v) is 7.44. The molecule has 1 aromatic carbocycles. The predicted octanol–water partition coefficient (Wildman–Crippen LogP) is 1.71. The van der Waals surface area contributed by atoms with Gasteiger partial charge in [0.2, 0.25) is 0 Å². The van der Waals surface area contributed by atoms with E-state index >= 15 is 0 Å². The first kappa shape index (κ1) is 14.7. The Morgan fingerprint density at radius 3 is 2.74 bits per heavy atom. The molecule has 5 nitrogen and oxygen atoms in total. The predicted molar refractivity (Wildman–Crippen MR) is 79.9 cm³/mol. The van der Waals surface area contributed by atoms with Crippen LogP contribution in [0.4, 0.5) is 0 Å². The Morgan fingerprint density at radius 1 is 1.42 bits per heavy atom. The molecule has 1 aliphatic rings. The van der Waals surface area contributed by atoms with Crippen LogP contribution in [0.1, 0.15) is 16.8 Å². The zero-order valence-electron chi connectivity index (χ0n) is 9.72. The van der Waals surface area contributed by atoms with E-state index in [-0.39, 0.29) is 18.9 Å². The van der Waals surface area contributed by atoms with Crippen LogP contribution >= 0.6 is 38.5 Å². The van der Waals surface area contributed by atoms with Gasteiger partial charge in [-0.3, -0.25) is 4.79 Å². The summed E-state index contributed by atoms with van der Waals surface area (Å²) >= 11 is 5.37. The summed E-state index contributed by atoms with van der Waals surface area (Å²) in [6.45, 7) is 0.0493. The summed E-state index contributed by atoms with van der Waals surface area (Å²) in [4.78, 5) is 24.7. The van der Waals surface area contributed by atoms with Crippen LogP contribution in [0.3, 0.4) is 0 Å². The summed E-state index contributed by atoms with van der Waals surface area (Å²) in [5.41, 5.74) is 0.409. The summed E-state index contributed by atoms with van der Waals surface area (Å²) in [7, 11) is 0. The lowest BCUT2D eigenvalue weighted by Crippen LogP contribution is -2.40. The Kier molecular flexibility index (Phi) is 4.46. The van der Waals surface area contributed by atoms with Crippen molar-refractivity contribution in [3.63, 3.8) is 0 Å². The van der Waals surface area contributed by atoms with Crippen LogP contribution in [-0.2, 0) is 4.79 Å². The summed E-state index contributed by atoms with van der Waals surface area (Å²) in [5, 5.41) is 18.7. The van der Waals surface area contributed by atoms with Gasteiger partial charge in [0.15, 0.2) is 0 Å². The van der Waals surface area contributed by atoms with Gasteiger partial charge in [0.25, 0.3) is 5.91 Å². The molecule has 0 radical (unpaired) electrons. The van der Waals surface area contributed by atoms with Gasteiger partial charge in [0, 0.05) is 21.0 Å². The van der Waals surface area contributed by atoms with Gasteiger partial charge in [0.05, 0.1) is 11.7 Å². The van der Waals surface area contributed by atoms with E-state index in [1.807, 2.05) is 6.07 Å². The number of likely N-dealkylation sites (tertiary alicyclic amines) is 1. The minimum absolute atomic E-state index is 0.0493. The van der Waals surface area contributed by atoms with Gasteiger partial charge >= 0.3 is 5.97 Å². The molecule has 2 N–H and O–H groups in total. The largest absolute Gasteiger partial charge is 0.480 e. The van der Waals surface area contributed by atoms with Crippen LogP contribution in [0.2, 0.25) is 0 Å². The molecule has 0 aliphatic carbocycles. The van der Waals surface area contributed by atoms with Gasteiger partial charge in [-0.2, -0.15) is 0 Å². The molecule has 1 heterocycles. The zero-order valence-corrected chi connectivity index (χ0v) is 13.5. The topological polar surface area (TPSA) is 77.8 Å². The van der Waals surface area contributed by atoms with Crippen LogP contribution in [0.15, 0.2) is 22.7 Å². The number of amides is 1. The van der Waals surface area contributed by atoms with E-state index in [2.05, 4.69) is 38.5 Å². The molecule has 7 heteroatoms. The molecule has 1 unspecified atom stereocenters. The number of carbonyl (C=O) groups excluding carboxylic acids is 1. The number of hydrogen-bond acceptors (Lipinski definition) is 3.